The second-order valence-corrected chi connectivity index (χ2v) is 3.25. The summed E-state index contributed by atoms with van der Waals surface area (Å²) < 4.78 is 23.2. The molecule has 90 valence electrons. The van der Waals surface area contributed by atoms with Crippen LogP contribution in [0.15, 0.2) is 24.3 Å². The van der Waals surface area contributed by atoms with E-state index in [0.29, 0.717) is 33.0 Å². The molecule has 1 N–H and O–H groups in total. The highest BCUT2D eigenvalue weighted by Crippen LogP contribution is 2.08. The molecule has 0 radical (unpaired) electrons. The lowest BCUT2D eigenvalue weighted by Gasteiger charge is -2.07. The summed E-state index contributed by atoms with van der Waals surface area (Å²) in [4.78, 5) is 0. The van der Waals surface area contributed by atoms with Crippen molar-refractivity contribution >= 4 is 5.69 Å². The van der Waals surface area contributed by atoms with Crippen LogP contribution >= 0.6 is 0 Å². The van der Waals surface area contributed by atoms with Gasteiger partial charge in [0.1, 0.15) is 5.82 Å². The fraction of sp³-hybridized carbons (Fsp3) is 0.500. The Morgan fingerprint density at radius 1 is 1.19 bits per heavy atom. The highest BCUT2D eigenvalue weighted by Gasteiger charge is 1.94. The molecule has 1 rings (SSSR count). The number of benzene rings is 1. The van der Waals surface area contributed by atoms with Crippen molar-refractivity contribution in [2.45, 2.75) is 6.92 Å². The zero-order valence-electron chi connectivity index (χ0n) is 9.54. The van der Waals surface area contributed by atoms with E-state index in [9.17, 15) is 4.39 Å². The quantitative estimate of drug-likeness (QED) is 0.691. The topological polar surface area (TPSA) is 30.5 Å². The standard InChI is InChI=1S/C12H18FNO2/c1-2-15-8-9-16-7-6-14-12-5-3-4-11(13)10-12/h3-5,10,14H,2,6-9H2,1H3. The minimum absolute atomic E-state index is 0.234. The van der Waals surface area contributed by atoms with Gasteiger partial charge in [-0.05, 0) is 25.1 Å². The van der Waals surface area contributed by atoms with E-state index in [0.717, 1.165) is 5.69 Å². The Kier molecular flexibility index (Phi) is 6.53. The summed E-state index contributed by atoms with van der Waals surface area (Å²) in [6.45, 7) is 5.13. The predicted molar refractivity (Wildman–Crippen MR) is 62.2 cm³/mol. The number of ether oxygens (including phenoxy) is 2. The molecular weight excluding hydrogens is 209 g/mol. The Morgan fingerprint density at radius 2 is 2.00 bits per heavy atom. The molecule has 0 aliphatic heterocycles. The van der Waals surface area contributed by atoms with Crippen LogP contribution in [0.2, 0.25) is 0 Å². The van der Waals surface area contributed by atoms with Gasteiger partial charge in [0.2, 0.25) is 0 Å². The van der Waals surface area contributed by atoms with Gasteiger partial charge < -0.3 is 14.8 Å². The van der Waals surface area contributed by atoms with Gasteiger partial charge in [-0.2, -0.15) is 0 Å². The van der Waals surface area contributed by atoms with Crippen LogP contribution in [0.1, 0.15) is 6.92 Å². The third kappa shape index (κ3) is 5.68. The largest absolute Gasteiger partial charge is 0.383 e. The summed E-state index contributed by atoms with van der Waals surface area (Å²) in [6, 6.07) is 6.38. The Bertz CT molecular complexity index is 294. The Labute approximate surface area is 95.6 Å². The Morgan fingerprint density at radius 3 is 2.75 bits per heavy atom. The van der Waals surface area contributed by atoms with Gasteiger partial charge in [-0.15, -0.1) is 0 Å². The summed E-state index contributed by atoms with van der Waals surface area (Å²) in [5, 5.41) is 3.07. The Balaban J connectivity index is 2.03. The maximum absolute atomic E-state index is 12.8. The predicted octanol–water partition coefficient (Wildman–Crippen LogP) is 2.29. The lowest BCUT2D eigenvalue weighted by atomic mass is 10.3. The molecule has 0 heterocycles. The molecule has 0 aromatic heterocycles. The highest BCUT2D eigenvalue weighted by molar-refractivity contribution is 5.42. The van der Waals surface area contributed by atoms with E-state index in [1.165, 1.54) is 12.1 Å². The minimum atomic E-state index is -0.234. The lowest BCUT2D eigenvalue weighted by Crippen LogP contribution is -2.12. The smallest absolute Gasteiger partial charge is 0.125 e. The van der Waals surface area contributed by atoms with E-state index < -0.39 is 0 Å². The van der Waals surface area contributed by atoms with Crippen LogP contribution in [0, 0.1) is 5.82 Å². The molecule has 0 fully saturated rings. The molecule has 0 atom stereocenters. The number of rotatable bonds is 8. The lowest BCUT2D eigenvalue weighted by molar-refractivity contribution is 0.0570. The van der Waals surface area contributed by atoms with Crippen LogP contribution in [0.25, 0.3) is 0 Å². The van der Waals surface area contributed by atoms with Crippen molar-refractivity contribution in [1.82, 2.24) is 0 Å². The van der Waals surface area contributed by atoms with E-state index in [-0.39, 0.29) is 5.82 Å². The van der Waals surface area contributed by atoms with Crippen molar-refractivity contribution < 1.29 is 13.9 Å². The number of hydrogen-bond donors (Lipinski definition) is 1. The monoisotopic (exact) mass is 227 g/mol. The molecular formula is C12H18FNO2. The summed E-state index contributed by atoms with van der Waals surface area (Å²) in [5.41, 5.74) is 0.772. The fourth-order valence-electron chi connectivity index (χ4n) is 1.23. The van der Waals surface area contributed by atoms with Crippen molar-refractivity contribution in [3.63, 3.8) is 0 Å². The fourth-order valence-corrected chi connectivity index (χ4v) is 1.23. The first-order valence-corrected chi connectivity index (χ1v) is 5.48. The van der Waals surface area contributed by atoms with Crippen molar-refractivity contribution in [1.29, 1.82) is 0 Å². The molecule has 1 aromatic rings. The average Bonchev–Trinajstić information content (AvgIpc) is 2.28. The molecule has 0 spiro atoms. The number of nitrogens with one attached hydrogen (secondary N) is 1. The molecule has 3 nitrogen and oxygen atoms in total. The molecule has 1 aromatic carbocycles. The van der Waals surface area contributed by atoms with Crippen molar-refractivity contribution in [2.24, 2.45) is 0 Å². The molecule has 0 bridgehead atoms. The Hall–Kier alpha value is -1.13. The third-order valence-corrected chi connectivity index (χ3v) is 1.98. The van der Waals surface area contributed by atoms with Gasteiger partial charge in [0.25, 0.3) is 0 Å². The summed E-state index contributed by atoms with van der Waals surface area (Å²) in [5.74, 6) is -0.234. The van der Waals surface area contributed by atoms with Gasteiger partial charge >= 0.3 is 0 Å². The molecule has 0 saturated carbocycles. The van der Waals surface area contributed by atoms with Crippen LogP contribution in [-0.2, 0) is 9.47 Å². The average molecular weight is 227 g/mol. The number of hydrogen-bond acceptors (Lipinski definition) is 3. The first-order chi connectivity index (χ1) is 7.83. The first-order valence-electron chi connectivity index (χ1n) is 5.48. The second-order valence-electron chi connectivity index (χ2n) is 3.25. The van der Waals surface area contributed by atoms with E-state index in [2.05, 4.69) is 5.32 Å². The van der Waals surface area contributed by atoms with Gasteiger partial charge in [0.05, 0.1) is 19.8 Å². The van der Waals surface area contributed by atoms with Gasteiger partial charge in [-0.3, -0.25) is 0 Å². The highest BCUT2D eigenvalue weighted by atomic mass is 19.1. The third-order valence-electron chi connectivity index (χ3n) is 1.98. The van der Waals surface area contributed by atoms with Gasteiger partial charge in [-0.25, -0.2) is 4.39 Å². The van der Waals surface area contributed by atoms with Crippen molar-refractivity contribution in [3.8, 4) is 0 Å². The molecule has 0 unspecified atom stereocenters. The van der Waals surface area contributed by atoms with Gasteiger partial charge in [0.15, 0.2) is 0 Å². The van der Waals surface area contributed by atoms with Crippen molar-refractivity contribution in [2.75, 3.05) is 38.3 Å². The zero-order chi connectivity index (χ0) is 11.6. The maximum Gasteiger partial charge on any atom is 0.125 e. The van der Waals surface area contributed by atoms with Crippen molar-refractivity contribution in [3.05, 3.63) is 30.1 Å². The molecule has 0 aliphatic rings. The second kappa shape index (κ2) is 8.07. The number of halogens is 1. The molecule has 0 saturated heterocycles. The summed E-state index contributed by atoms with van der Waals surface area (Å²) >= 11 is 0. The summed E-state index contributed by atoms with van der Waals surface area (Å²) in [7, 11) is 0. The summed E-state index contributed by atoms with van der Waals surface area (Å²) in [6.07, 6.45) is 0. The van der Waals surface area contributed by atoms with Gasteiger partial charge in [-0.1, -0.05) is 6.07 Å². The van der Waals surface area contributed by atoms with Crippen LogP contribution in [0.3, 0.4) is 0 Å². The van der Waals surface area contributed by atoms with Crippen LogP contribution in [0.5, 0.6) is 0 Å². The molecule has 4 heteroatoms. The van der Waals surface area contributed by atoms with Crippen LogP contribution < -0.4 is 5.32 Å². The van der Waals surface area contributed by atoms with Crippen LogP contribution in [-0.4, -0.2) is 33.0 Å². The SMILES string of the molecule is CCOCCOCCNc1cccc(F)c1. The molecule has 16 heavy (non-hydrogen) atoms. The zero-order valence-corrected chi connectivity index (χ0v) is 9.54. The normalized spacial score (nSPS) is 10.4. The maximum atomic E-state index is 12.8. The molecule has 0 aliphatic carbocycles. The van der Waals surface area contributed by atoms with Crippen LogP contribution in [0.4, 0.5) is 10.1 Å². The van der Waals surface area contributed by atoms with Gasteiger partial charge in [0, 0.05) is 18.8 Å². The number of anilines is 1. The van der Waals surface area contributed by atoms with E-state index in [1.807, 2.05) is 13.0 Å². The van der Waals surface area contributed by atoms with E-state index >= 15 is 0 Å². The molecule has 0 amide bonds. The van der Waals surface area contributed by atoms with E-state index in [1.54, 1.807) is 6.07 Å². The van der Waals surface area contributed by atoms with E-state index in [4.69, 9.17) is 9.47 Å². The first kappa shape index (κ1) is 12.9. The minimum Gasteiger partial charge on any atom is -0.383 e.